The molecule has 0 aromatic carbocycles. The van der Waals surface area contributed by atoms with Gasteiger partial charge in [0.15, 0.2) is 23.1 Å². The third-order valence-corrected chi connectivity index (χ3v) is 10.5. The summed E-state index contributed by atoms with van der Waals surface area (Å²) >= 11 is 0. The Hall–Kier alpha value is -2.55. The monoisotopic (exact) mass is 971 g/mol. The van der Waals surface area contributed by atoms with Crippen molar-refractivity contribution in [2.24, 2.45) is 84.1 Å². The summed E-state index contributed by atoms with van der Waals surface area (Å²) in [6.07, 6.45) is 6.51. The summed E-state index contributed by atoms with van der Waals surface area (Å²) in [5.74, 6) is 2.08. The molecule has 406 valence electrons. The Morgan fingerprint density at radius 3 is 0.926 bits per heavy atom. The highest BCUT2D eigenvalue weighted by molar-refractivity contribution is 5.89. The SMILES string of the molecule is CC(C)(C)C(=O)C1CCCC1.CC(C)(C)C(=O)CCN.CC(C)(C)C(=O)CN.CC(C)C(N)C(=O)C(C)(C)C.CC(N)C(=O)C(C)(C)C.CC(N)CC(=O)C(C)(C)C.CCC(N)C(=O)C(C)(C)C. The molecule has 0 spiro atoms. The van der Waals surface area contributed by atoms with E-state index in [1.54, 1.807) is 6.92 Å². The summed E-state index contributed by atoms with van der Waals surface area (Å²) in [5.41, 5.74) is 30.7. The number of Topliss-reactive ketones (excluding diaryl/α,β-unsaturated/α-hetero) is 7. The van der Waals surface area contributed by atoms with Crippen molar-refractivity contribution in [2.75, 3.05) is 13.1 Å². The van der Waals surface area contributed by atoms with Gasteiger partial charge >= 0.3 is 0 Å². The Labute approximate surface area is 419 Å². The second-order valence-corrected chi connectivity index (χ2v) is 26.0. The molecule has 4 atom stereocenters. The molecule has 1 rings (SSSR count). The maximum Gasteiger partial charge on any atom is 0.155 e. The molecule has 0 aromatic rings. The van der Waals surface area contributed by atoms with E-state index >= 15 is 0 Å². The number of hydrogen-bond donors (Lipinski definition) is 6. The van der Waals surface area contributed by atoms with Crippen LogP contribution in [0, 0.1) is 49.7 Å². The lowest BCUT2D eigenvalue weighted by molar-refractivity contribution is -0.130. The van der Waals surface area contributed by atoms with E-state index in [2.05, 4.69) is 0 Å². The van der Waals surface area contributed by atoms with Gasteiger partial charge in [-0.25, -0.2) is 0 Å². The minimum atomic E-state index is -0.329. The van der Waals surface area contributed by atoms with E-state index in [4.69, 9.17) is 34.4 Å². The van der Waals surface area contributed by atoms with Crippen molar-refractivity contribution in [2.45, 2.75) is 249 Å². The predicted octanol–water partition coefficient (Wildman–Crippen LogP) is 9.51. The Bertz CT molecular complexity index is 1440. The fourth-order valence-electron chi connectivity index (χ4n) is 5.44. The number of ketones is 7. The van der Waals surface area contributed by atoms with Gasteiger partial charge in [0.05, 0.1) is 24.7 Å². The van der Waals surface area contributed by atoms with Gasteiger partial charge in [0.1, 0.15) is 17.3 Å². The van der Waals surface area contributed by atoms with E-state index in [1.807, 2.05) is 173 Å². The number of hydrogen-bond acceptors (Lipinski definition) is 13. The zero-order chi connectivity index (χ0) is 56.4. The number of carbonyl (C=O) groups is 7. The van der Waals surface area contributed by atoms with Crippen molar-refractivity contribution < 1.29 is 33.6 Å². The molecule has 0 heterocycles. The van der Waals surface area contributed by atoms with Crippen LogP contribution in [0.4, 0.5) is 0 Å². The Morgan fingerprint density at radius 2 is 0.809 bits per heavy atom. The van der Waals surface area contributed by atoms with Crippen LogP contribution in [0.2, 0.25) is 0 Å². The zero-order valence-corrected chi connectivity index (χ0v) is 49.1. The van der Waals surface area contributed by atoms with Crippen LogP contribution in [0.25, 0.3) is 0 Å². The van der Waals surface area contributed by atoms with Crippen LogP contribution in [-0.2, 0) is 33.6 Å². The van der Waals surface area contributed by atoms with Crippen molar-refractivity contribution in [1.29, 1.82) is 0 Å². The summed E-state index contributed by atoms with van der Waals surface area (Å²) in [5, 5.41) is 0. The van der Waals surface area contributed by atoms with Crippen molar-refractivity contribution in [3.63, 3.8) is 0 Å². The average Bonchev–Trinajstić information content (AvgIpc) is 3.69. The Morgan fingerprint density at radius 1 is 0.471 bits per heavy atom. The van der Waals surface area contributed by atoms with Crippen LogP contribution >= 0.6 is 0 Å². The molecule has 0 aliphatic heterocycles. The summed E-state index contributed by atoms with van der Waals surface area (Å²) in [4.78, 5) is 78.3. The second kappa shape index (κ2) is 33.9. The summed E-state index contributed by atoms with van der Waals surface area (Å²) < 4.78 is 0. The number of nitrogens with two attached hydrogens (primary N) is 6. The van der Waals surface area contributed by atoms with Crippen molar-refractivity contribution in [3.05, 3.63) is 0 Å². The van der Waals surface area contributed by atoms with Gasteiger partial charge in [-0.1, -0.05) is 179 Å². The first kappa shape index (κ1) is 76.9. The first-order valence-electron chi connectivity index (χ1n) is 25.0. The fraction of sp³-hybridized carbons (Fsp3) is 0.873. The van der Waals surface area contributed by atoms with Crippen LogP contribution in [-0.4, -0.2) is 77.7 Å². The molecule has 68 heavy (non-hydrogen) atoms. The predicted molar refractivity (Wildman–Crippen MR) is 289 cm³/mol. The molecule has 0 radical (unpaired) electrons. The van der Waals surface area contributed by atoms with Gasteiger partial charge in [0, 0.05) is 62.7 Å². The van der Waals surface area contributed by atoms with Gasteiger partial charge in [-0.3, -0.25) is 33.6 Å². The van der Waals surface area contributed by atoms with Gasteiger partial charge in [-0.05, 0) is 45.6 Å². The van der Waals surface area contributed by atoms with E-state index in [9.17, 15) is 33.6 Å². The highest BCUT2D eigenvalue weighted by Gasteiger charge is 2.32. The molecule has 1 aliphatic rings. The Kier molecular flexibility index (Phi) is 38.4. The minimum Gasteiger partial charge on any atom is -0.330 e. The lowest BCUT2D eigenvalue weighted by Gasteiger charge is -2.23. The Balaban J connectivity index is -0.000000165. The van der Waals surface area contributed by atoms with E-state index in [0.717, 1.165) is 19.3 Å². The normalized spacial score (nSPS) is 15.1. The molecule has 0 saturated heterocycles. The smallest absolute Gasteiger partial charge is 0.155 e. The molecule has 12 N–H and O–H groups in total. The third kappa shape index (κ3) is 41.3. The summed E-state index contributed by atoms with van der Waals surface area (Å²) in [6, 6.07) is -0.924. The second-order valence-electron chi connectivity index (χ2n) is 26.0. The fourth-order valence-corrected chi connectivity index (χ4v) is 5.44. The van der Waals surface area contributed by atoms with Crippen LogP contribution in [0.5, 0.6) is 0 Å². The zero-order valence-electron chi connectivity index (χ0n) is 49.1. The van der Waals surface area contributed by atoms with E-state index in [0.29, 0.717) is 31.1 Å². The lowest BCUT2D eigenvalue weighted by atomic mass is 9.82. The highest BCUT2D eigenvalue weighted by Crippen LogP contribution is 2.32. The van der Waals surface area contributed by atoms with E-state index in [-0.39, 0.29) is 109 Å². The molecular formula is C55H114N6O7. The third-order valence-electron chi connectivity index (χ3n) is 10.5. The van der Waals surface area contributed by atoms with E-state index < -0.39 is 0 Å². The van der Waals surface area contributed by atoms with Crippen LogP contribution in [0.15, 0.2) is 0 Å². The van der Waals surface area contributed by atoms with Crippen LogP contribution in [0.1, 0.15) is 225 Å². The van der Waals surface area contributed by atoms with Crippen LogP contribution < -0.4 is 34.4 Å². The van der Waals surface area contributed by atoms with Gasteiger partial charge in [0.2, 0.25) is 0 Å². The molecule has 0 aromatic heterocycles. The quantitative estimate of drug-likeness (QED) is 0.113. The number of carbonyl (C=O) groups excluding carboxylic acids is 7. The molecule has 13 nitrogen and oxygen atoms in total. The molecule has 1 aliphatic carbocycles. The molecule has 0 amide bonds. The molecule has 1 fully saturated rings. The summed E-state index contributed by atoms with van der Waals surface area (Å²) in [6.45, 7) is 50.2. The minimum absolute atomic E-state index is 0.00766. The molecule has 13 heteroatoms. The van der Waals surface area contributed by atoms with E-state index in [1.165, 1.54) is 12.8 Å². The topological polar surface area (TPSA) is 276 Å². The molecular weight excluding hydrogens is 857 g/mol. The van der Waals surface area contributed by atoms with Crippen molar-refractivity contribution in [1.82, 2.24) is 0 Å². The first-order valence-corrected chi connectivity index (χ1v) is 25.0. The van der Waals surface area contributed by atoms with Crippen LogP contribution in [0.3, 0.4) is 0 Å². The lowest BCUT2D eigenvalue weighted by Crippen LogP contribution is -2.42. The van der Waals surface area contributed by atoms with Gasteiger partial charge in [-0.2, -0.15) is 0 Å². The van der Waals surface area contributed by atoms with Crippen molar-refractivity contribution in [3.8, 4) is 0 Å². The van der Waals surface area contributed by atoms with Gasteiger partial charge < -0.3 is 34.4 Å². The first-order chi connectivity index (χ1) is 29.8. The standard InChI is InChI=1S/C10H18O.C9H19NO.2C8H17NO.2C7H15NO.C6H13NO/c1-10(2,3)9(11)8-6-4-5-7-8;1-6(2)7(10)8(11)9(3,4)5;1-6(9)5-7(10)8(2,3)4;1-5-6(9)7(10)8(2,3)4;1-7(2,3)6(9)4-5-8;1-5(8)6(9)7(2,3)4;1-6(2,3)5(8)4-7/h8H,4-7H2,1-3H3;6-7H,10H2,1-5H3;2*6H,5,9H2,1-4H3;4-5,8H2,1-3H3;5H,8H2,1-4H3;4,7H2,1-3H3. The largest absolute Gasteiger partial charge is 0.330 e. The summed E-state index contributed by atoms with van der Waals surface area (Å²) in [7, 11) is 0. The molecule has 0 bridgehead atoms. The maximum absolute atomic E-state index is 11.7. The van der Waals surface area contributed by atoms with Gasteiger partial charge in [0.25, 0.3) is 0 Å². The van der Waals surface area contributed by atoms with Crippen molar-refractivity contribution >= 4 is 40.5 Å². The highest BCUT2D eigenvalue weighted by atomic mass is 16.2. The average molecular weight is 972 g/mol. The maximum atomic E-state index is 11.7. The number of rotatable bonds is 11. The molecule has 1 saturated carbocycles. The molecule has 4 unspecified atom stereocenters. The van der Waals surface area contributed by atoms with Gasteiger partial charge in [-0.15, -0.1) is 0 Å².